The maximum atomic E-state index is 14.0. The maximum Gasteiger partial charge on any atom is 0.422 e. The number of rotatable bonds is 7. The van der Waals surface area contributed by atoms with Crippen LogP contribution in [0.2, 0.25) is 0 Å². The molecule has 0 saturated carbocycles. The third-order valence-corrected chi connectivity index (χ3v) is 4.56. The van der Waals surface area contributed by atoms with Gasteiger partial charge < -0.3 is 9.64 Å². The number of hydrogen-bond acceptors (Lipinski definition) is 5. The third kappa shape index (κ3) is 6.42. The number of aromatic nitrogens is 2. The minimum atomic E-state index is -4.49. The number of alkyl halides is 3. The lowest BCUT2D eigenvalue weighted by atomic mass is 10.1. The Kier molecular flexibility index (Phi) is 6.79. The Hall–Kier alpha value is -2.26. The molecular weight excluding hydrogens is 376 g/mol. The van der Waals surface area contributed by atoms with Crippen LogP contribution in [0.3, 0.4) is 0 Å². The van der Waals surface area contributed by atoms with Crippen molar-refractivity contribution in [2.45, 2.75) is 19.1 Å². The van der Waals surface area contributed by atoms with Gasteiger partial charge in [-0.15, -0.1) is 0 Å². The lowest BCUT2D eigenvalue weighted by Gasteiger charge is -2.34. The van der Waals surface area contributed by atoms with Gasteiger partial charge in [0.25, 0.3) is 0 Å². The highest BCUT2D eigenvalue weighted by Crippen LogP contribution is 2.23. The molecule has 0 N–H and O–H groups in total. The zero-order chi connectivity index (χ0) is 20.0. The van der Waals surface area contributed by atoms with Gasteiger partial charge in [0.15, 0.2) is 18.2 Å². The molecule has 1 fully saturated rings. The van der Waals surface area contributed by atoms with Crippen molar-refractivity contribution in [2.75, 3.05) is 39.3 Å². The fraction of sp³-hybridized carbons (Fsp3) is 0.474. The van der Waals surface area contributed by atoms with E-state index in [0.29, 0.717) is 12.1 Å². The quantitative estimate of drug-likeness (QED) is 0.671. The number of piperazine rings is 1. The lowest BCUT2D eigenvalue weighted by Crippen LogP contribution is -2.46. The molecule has 28 heavy (non-hydrogen) atoms. The Labute approximate surface area is 161 Å². The summed E-state index contributed by atoms with van der Waals surface area (Å²) in [6.45, 7) is 3.44. The Morgan fingerprint density at radius 1 is 1.04 bits per heavy atom. The zero-order valence-corrected chi connectivity index (χ0v) is 15.3. The number of ether oxygens (including phenoxy) is 1. The first-order valence-electron chi connectivity index (χ1n) is 9.07. The molecule has 0 aliphatic carbocycles. The molecule has 3 rings (SSSR count). The predicted molar refractivity (Wildman–Crippen MR) is 95.4 cm³/mol. The van der Waals surface area contributed by atoms with Gasteiger partial charge >= 0.3 is 6.18 Å². The van der Waals surface area contributed by atoms with Gasteiger partial charge in [0, 0.05) is 64.3 Å². The molecule has 2 aromatic rings. The third-order valence-electron chi connectivity index (χ3n) is 4.56. The number of halogens is 4. The fourth-order valence-electron chi connectivity index (χ4n) is 3.08. The SMILES string of the molecule is Fc1cc(CN2CCN(CCc3cnccn3)CC2)ccc1OCC(F)(F)F. The van der Waals surface area contributed by atoms with Crippen molar-refractivity contribution in [3.05, 3.63) is 53.9 Å². The van der Waals surface area contributed by atoms with E-state index >= 15 is 0 Å². The second kappa shape index (κ2) is 9.29. The summed E-state index contributed by atoms with van der Waals surface area (Å²) in [5.74, 6) is -1.15. The highest BCUT2D eigenvalue weighted by molar-refractivity contribution is 5.29. The Morgan fingerprint density at radius 3 is 2.43 bits per heavy atom. The molecule has 1 aliphatic rings. The fourth-order valence-corrected chi connectivity index (χ4v) is 3.08. The molecule has 1 aromatic carbocycles. The first kappa shape index (κ1) is 20.5. The molecular formula is C19H22F4N4O. The molecule has 0 amide bonds. The van der Waals surface area contributed by atoms with Gasteiger partial charge in [0.2, 0.25) is 0 Å². The van der Waals surface area contributed by atoms with Crippen molar-refractivity contribution >= 4 is 0 Å². The van der Waals surface area contributed by atoms with Crippen LogP contribution in [-0.2, 0) is 13.0 Å². The van der Waals surface area contributed by atoms with Gasteiger partial charge in [-0.1, -0.05) is 6.07 Å². The van der Waals surface area contributed by atoms with Crippen LogP contribution in [0.1, 0.15) is 11.3 Å². The molecule has 0 atom stereocenters. The predicted octanol–water partition coefficient (Wildman–Crippen LogP) is 2.92. The molecule has 1 aliphatic heterocycles. The number of hydrogen-bond donors (Lipinski definition) is 0. The Balaban J connectivity index is 1.43. The standard InChI is InChI=1S/C19H22F4N4O/c20-17-11-15(1-2-18(17)28-14-19(21,22)23)13-27-9-7-26(8-10-27)6-3-16-12-24-4-5-25-16/h1-2,4-5,11-12H,3,6-10,13-14H2. The molecule has 1 aromatic heterocycles. The molecule has 9 heteroatoms. The molecule has 0 radical (unpaired) electrons. The van der Waals surface area contributed by atoms with Crippen LogP contribution in [-0.4, -0.2) is 65.3 Å². The summed E-state index contributed by atoms with van der Waals surface area (Å²) >= 11 is 0. The van der Waals surface area contributed by atoms with E-state index < -0.39 is 18.6 Å². The smallest absolute Gasteiger partial charge is 0.422 e. The van der Waals surface area contributed by atoms with E-state index in [1.165, 1.54) is 12.1 Å². The first-order valence-corrected chi connectivity index (χ1v) is 9.07. The normalized spacial score (nSPS) is 16.3. The molecule has 0 unspecified atom stereocenters. The van der Waals surface area contributed by atoms with E-state index in [0.717, 1.165) is 44.8 Å². The molecule has 152 valence electrons. The van der Waals surface area contributed by atoms with Gasteiger partial charge in [0.1, 0.15) is 0 Å². The maximum absolute atomic E-state index is 14.0. The highest BCUT2D eigenvalue weighted by atomic mass is 19.4. The van der Waals surface area contributed by atoms with Crippen molar-refractivity contribution in [3.8, 4) is 5.75 Å². The summed E-state index contributed by atoms with van der Waals surface area (Å²) < 4.78 is 55.0. The van der Waals surface area contributed by atoms with Gasteiger partial charge in [-0.3, -0.25) is 14.9 Å². The van der Waals surface area contributed by atoms with E-state index in [4.69, 9.17) is 0 Å². The van der Waals surface area contributed by atoms with Crippen molar-refractivity contribution in [2.24, 2.45) is 0 Å². The van der Waals surface area contributed by atoms with Crippen LogP contribution < -0.4 is 4.74 Å². The summed E-state index contributed by atoms with van der Waals surface area (Å²) in [7, 11) is 0. The molecule has 0 bridgehead atoms. The summed E-state index contributed by atoms with van der Waals surface area (Å²) in [5, 5.41) is 0. The van der Waals surface area contributed by atoms with Crippen LogP contribution >= 0.6 is 0 Å². The first-order chi connectivity index (χ1) is 13.4. The van der Waals surface area contributed by atoms with Crippen molar-refractivity contribution < 1.29 is 22.3 Å². The number of benzene rings is 1. The zero-order valence-electron chi connectivity index (χ0n) is 15.3. The summed E-state index contributed by atoms with van der Waals surface area (Å²) in [4.78, 5) is 12.9. The van der Waals surface area contributed by atoms with Crippen LogP contribution in [0.15, 0.2) is 36.8 Å². The van der Waals surface area contributed by atoms with Crippen molar-refractivity contribution in [1.29, 1.82) is 0 Å². The van der Waals surface area contributed by atoms with Gasteiger partial charge in [-0.25, -0.2) is 4.39 Å². The second-order valence-electron chi connectivity index (χ2n) is 6.73. The second-order valence-corrected chi connectivity index (χ2v) is 6.73. The van der Waals surface area contributed by atoms with Crippen molar-refractivity contribution in [3.63, 3.8) is 0 Å². The van der Waals surface area contributed by atoms with Gasteiger partial charge in [-0.05, 0) is 17.7 Å². The average Bonchev–Trinajstić information content (AvgIpc) is 2.67. The molecule has 0 spiro atoms. The van der Waals surface area contributed by atoms with E-state index in [-0.39, 0.29) is 5.75 Å². The van der Waals surface area contributed by atoms with Crippen LogP contribution in [0.5, 0.6) is 5.75 Å². The minimum Gasteiger partial charge on any atom is -0.481 e. The summed E-state index contributed by atoms with van der Waals surface area (Å²) in [6, 6.07) is 4.11. The van der Waals surface area contributed by atoms with E-state index in [2.05, 4.69) is 24.5 Å². The topological polar surface area (TPSA) is 41.5 Å². The summed E-state index contributed by atoms with van der Waals surface area (Å²) in [5.41, 5.74) is 1.68. The Bertz CT molecular complexity index is 749. The van der Waals surface area contributed by atoms with E-state index in [9.17, 15) is 17.6 Å². The molecule has 1 saturated heterocycles. The minimum absolute atomic E-state index is 0.380. The highest BCUT2D eigenvalue weighted by Gasteiger charge is 2.29. The van der Waals surface area contributed by atoms with E-state index in [1.54, 1.807) is 24.7 Å². The number of nitrogens with zero attached hydrogens (tertiary/aromatic N) is 4. The van der Waals surface area contributed by atoms with Gasteiger partial charge in [-0.2, -0.15) is 13.2 Å². The Morgan fingerprint density at radius 2 is 1.79 bits per heavy atom. The summed E-state index contributed by atoms with van der Waals surface area (Å²) in [6.07, 6.45) is 1.47. The molecule has 5 nitrogen and oxygen atoms in total. The average molecular weight is 398 g/mol. The van der Waals surface area contributed by atoms with E-state index in [1.807, 2.05) is 0 Å². The largest absolute Gasteiger partial charge is 0.481 e. The molecule has 2 heterocycles. The lowest BCUT2D eigenvalue weighted by molar-refractivity contribution is -0.153. The monoisotopic (exact) mass is 398 g/mol. The van der Waals surface area contributed by atoms with Crippen molar-refractivity contribution in [1.82, 2.24) is 19.8 Å². The van der Waals surface area contributed by atoms with Crippen LogP contribution in [0.25, 0.3) is 0 Å². The van der Waals surface area contributed by atoms with Gasteiger partial charge in [0.05, 0.1) is 5.69 Å². The van der Waals surface area contributed by atoms with Crippen LogP contribution in [0, 0.1) is 5.82 Å². The van der Waals surface area contributed by atoms with Crippen LogP contribution in [0.4, 0.5) is 17.6 Å².